The molecule has 0 amide bonds. The largest absolute Gasteiger partial charge is 0.316 e. The SMILES string of the molecule is CCC(NO)c1cc(Cl)ccc1Br. The van der Waals surface area contributed by atoms with E-state index in [0.717, 1.165) is 16.5 Å². The summed E-state index contributed by atoms with van der Waals surface area (Å²) in [6.07, 6.45) is 0.801. The van der Waals surface area contributed by atoms with E-state index in [1.165, 1.54) is 0 Å². The molecule has 13 heavy (non-hydrogen) atoms. The molecule has 1 aromatic carbocycles. The van der Waals surface area contributed by atoms with Crippen LogP contribution in [0.1, 0.15) is 24.9 Å². The van der Waals surface area contributed by atoms with Crippen LogP contribution in [0.3, 0.4) is 0 Å². The maximum absolute atomic E-state index is 8.88. The monoisotopic (exact) mass is 263 g/mol. The minimum absolute atomic E-state index is 0.0759. The summed E-state index contributed by atoms with van der Waals surface area (Å²) in [6.45, 7) is 1.99. The molecule has 1 unspecified atom stereocenters. The molecule has 72 valence electrons. The quantitative estimate of drug-likeness (QED) is 0.819. The van der Waals surface area contributed by atoms with Crippen LogP contribution in [0.25, 0.3) is 0 Å². The van der Waals surface area contributed by atoms with Crippen LogP contribution in [0.2, 0.25) is 5.02 Å². The highest BCUT2D eigenvalue weighted by molar-refractivity contribution is 9.10. The van der Waals surface area contributed by atoms with Gasteiger partial charge in [0.2, 0.25) is 0 Å². The predicted octanol–water partition coefficient (Wildman–Crippen LogP) is 3.53. The van der Waals surface area contributed by atoms with Crippen LogP contribution in [0.15, 0.2) is 22.7 Å². The van der Waals surface area contributed by atoms with Crippen LogP contribution in [0, 0.1) is 0 Å². The normalized spacial score (nSPS) is 12.9. The maximum Gasteiger partial charge on any atom is 0.0577 e. The van der Waals surface area contributed by atoms with Gasteiger partial charge in [0.15, 0.2) is 0 Å². The topological polar surface area (TPSA) is 32.3 Å². The highest BCUT2D eigenvalue weighted by Crippen LogP contribution is 2.27. The van der Waals surface area contributed by atoms with Gasteiger partial charge in [0.05, 0.1) is 6.04 Å². The Hall–Kier alpha value is -0.0900. The van der Waals surface area contributed by atoms with E-state index < -0.39 is 0 Å². The van der Waals surface area contributed by atoms with Crippen molar-refractivity contribution in [1.82, 2.24) is 5.48 Å². The van der Waals surface area contributed by atoms with Crippen LogP contribution < -0.4 is 5.48 Å². The van der Waals surface area contributed by atoms with E-state index >= 15 is 0 Å². The van der Waals surface area contributed by atoms with Crippen molar-refractivity contribution < 1.29 is 5.21 Å². The summed E-state index contributed by atoms with van der Waals surface area (Å²) < 4.78 is 0.949. The van der Waals surface area contributed by atoms with E-state index in [1.54, 1.807) is 6.07 Å². The third-order valence-electron chi connectivity index (χ3n) is 1.90. The van der Waals surface area contributed by atoms with Crippen molar-refractivity contribution in [2.45, 2.75) is 19.4 Å². The standard InChI is InChI=1S/C9H11BrClNO/c1-2-9(12-13)7-5-6(11)3-4-8(7)10/h3-5,9,12-13H,2H2,1H3. The number of hydrogen-bond donors (Lipinski definition) is 2. The molecular weight excluding hydrogens is 253 g/mol. The van der Waals surface area contributed by atoms with E-state index in [0.29, 0.717) is 5.02 Å². The van der Waals surface area contributed by atoms with Crippen LogP contribution >= 0.6 is 27.5 Å². The Balaban J connectivity index is 3.03. The van der Waals surface area contributed by atoms with Gasteiger partial charge >= 0.3 is 0 Å². The Bertz CT molecular complexity index is 289. The molecule has 0 aliphatic heterocycles. The number of halogens is 2. The van der Waals surface area contributed by atoms with Crippen LogP contribution in [-0.2, 0) is 0 Å². The average molecular weight is 265 g/mol. The molecule has 0 aromatic heterocycles. The lowest BCUT2D eigenvalue weighted by Gasteiger charge is -2.14. The molecule has 2 nitrogen and oxygen atoms in total. The molecule has 4 heteroatoms. The smallest absolute Gasteiger partial charge is 0.0577 e. The molecule has 0 bridgehead atoms. The molecule has 0 aliphatic carbocycles. The van der Waals surface area contributed by atoms with Gasteiger partial charge in [-0.15, -0.1) is 0 Å². The second-order valence-corrected chi connectivity index (χ2v) is 4.05. The molecule has 1 atom stereocenters. The molecule has 2 N–H and O–H groups in total. The molecule has 0 heterocycles. The average Bonchev–Trinajstić information content (AvgIpc) is 2.13. The van der Waals surface area contributed by atoms with Crippen LogP contribution in [0.5, 0.6) is 0 Å². The van der Waals surface area contributed by atoms with E-state index in [2.05, 4.69) is 21.4 Å². The van der Waals surface area contributed by atoms with Gasteiger partial charge in [0, 0.05) is 9.50 Å². The Labute approximate surface area is 91.0 Å². The van der Waals surface area contributed by atoms with Gasteiger partial charge in [0.1, 0.15) is 0 Å². The second-order valence-electron chi connectivity index (χ2n) is 2.76. The first-order chi connectivity index (χ1) is 6.19. The zero-order valence-electron chi connectivity index (χ0n) is 7.22. The molecule has 1 rings (SSSR count). The zero-order valence-corrected chi connectivity index (χ0v) is 9.56. The van der Waals surface area contributed by atoms with E-state index in [9.17, 15) is 0 Å². The van der Waals surface area contributed by atoms with Crippen LogP contribution in [0.4, 0.5) is 0 Å². The van der Waals surface area contributed by atoms with Crippen molar-refractivity contribution in [3.63, 3.8) is 0 Å². The van der Waals surface area contributed by atoms with Crippen molar-refractivity contribution in [3.05, 3.63) is 33.3 Å². The lowest BCUT2D eigenvalue weighted by molar-refractivity contribution is 0.124. The fourth-order valence-electron chi connectivity index (χ4n) is 1.16. The first-order valence-electron chi connectivity index (χ1n) is 4.03. The zero-order chi connectivity index (χ0) is 9.84. The fraction of sp³-hybridized carbons (Fsp3) is 0.333. The van der Waals surface area contributed by atoms with Crippen LogP contribution in [-0.4, -0.2) is 5.21 Å². The highest BCUT2D eigenvalue weighted by Gasteiger charge is 2.11. The highest BCUT2D eigenvalue weighted by atomic mass is 79.9. The van der Waals surface area contributed by atoms with Gasteiger partial charge in [-0.3, -0.25) is 0 Å². The maximum atomic E-state index is 8.88. The summed E-state index contributed by atoms with van der Waals surface area (Å²) >= 11 is 9.25. The van der Waals surface area contributed by atoms with Gasteiger partial charge < -0.3 is 5.21 Å². The molecule has 0 spiro atoms. The minimum atomic E-state index is -0.0759. The van der Waals surface area contributed by atoms with Crippen molar-refractivity contribution in [2.24, 2.45) is 0 Å². The summed E-state index contributed by atoms with van der Waals surface area (Å²) in [5, 5.41) is 9.55. The molecule has 0 radical (unpaired) electrons. The van der Waals surface area contributed by atoms with E-state index in [1.807, 2.05) is 19.1 Å². The van der Waals surface area contributed by atoms with Crippen molar-refractivity contribution in [1.29, 1.82) is 0 Å². The molecule has 0 saturated carbocycles. The molecular formula is C9H11BrClNO. The molecule has 0 aliphatic rings. The summed E-state index contributed by atoms with van der Waals surface area (Å²) in [4.78, 5) is 0. The summed E-state index contributed by atoms with van der Waals surface area (Å²) in [5.41, 5.74) is 3.22. The van der Waals surface area contributed by atoms with Crippen molar-refractivity contribution in [2.75, 3.05) is 0 Å². The molecule has 0 saturated heterocycles. The first-order valence-corrected chi connectivity index (χ1v) is 5.20. The number of hydroxylamine groups is 1. The number of rotatable bonds is 3. The van der Waals surface area contributed by atoms with Gasteiger partial charge in [-0.05, 0) is 30.2 Å². The summed E-state index contributed by atoms with van der Waals surface area (Å²) in [5.74, 6) is 0. The lowest BCUT2D eigenvalue weighted by Crippen LogP contribution is -2.16. The Morgan fingerprint density at radius 2 is 2.31 bits per heavy atom. The van der Waals surface area contributed by atoms with Gasteiger partial charge in [-0.1, -0.05) is 34.5 Å². The Kier molecular flexibility index (Phi) is 4.19. The molecule has 0 fully saturated rings. The van der Waals surface area contributed by atoms with Crippen molar-refractivity contribution in [3.8, 4) is 0 Å². The number of nitrogens with one attached hydrogen (secondary N) is 1. The number of benzene rings is 1. The minimum Gasteiger partial charge on any atom is -0.316 e. The summed E-state index contributed by atoms with van der Waals surface area (Å²) in [6, 6.07) is 5.44. The second kappa shape index (κ2) is 4.96. The van der Waals surface area contributed by atoms with Gasteiger partial charge in [-0.25, -0.2) is 0 Å². The van der Waals surface area contributed by atoms with E-state index in [4.69, 9.17) is 16.8 Å². The predicted molar refractivity (Wildman–Crippen MR) is 57.1 cm³/mol. The summed E-state index contributed by atoms with van der Waals surface area (Å²) in [7, 11) is 0. The first kappa shape index (κ1) is 11.0. The Morgan fingerprint density at radius 3 is 2.85 bits per heavy atom. The fourth-order valence-corrected chi connectivity index (χ4v) is 1.87. The van der Waals surface area contributed by atoms with Crippen molar-refractivity contribution >= 4 is 27.5 Å². The number of hydrogen-bond acceptors (Lipinski definition) is 2. The Morgan fingerprint density at radius 1 is 1.62 bits per heavy atom. The third kappa shape index (κ3) is 2.68. The van der Waals surface area contributed by atoms with Gasteiger partial charge in [-0.2, -0.15) is 5.48 Å². The lowest BCUT2D eigenvalue weighted by atomic mass is 10.1. The molecule has 1 aromatic rings. The third-order valence-corrected chi connectivity index (χ3v) is 2.85. The van der Waals surface area contributed by atoms with E-state index in [-0.39, 0.29) is 6.04 Å². The van der Waals surface area contributed by atoms with Gasteiger partial charge in [0.25, 0.3) is 0 Å².